The number of carbonyl (C=O) groups is 2. The fourth-order valence-corrected chi connectivity index (χ4v) is 1.34. The van der Waals surface area contributed by atoms with Crippen LogP contribution in [0.4, 0.5) is 4.79 Å². The van der Waals surface area contributed by atoms with Crippen LogP contribution in [0.2, 0.25) is 0 Å². The summed E-state index contributed by atoms with van der Waals surface area (Å²) in [5, 5.41) is 19.8. The van der Waals surface area contributed by atoms with Crippen molar-refractivity contribution in [1.29, 1.82) is 5.26 Å². The van der Waals surface area contributed by atoms with Crippen LogP contribution < -0.4 is 5.32 Å². The van der Waals surface area contributed by atoms with Crippen LogP contribution in [-0.2, 0) is 4.79 Å². The molecule has 18 heavy (non-hydrogen) atoms. The second-order valence-corrected chi connectivity index (χ2v) is 4.67. The lowest BCUT2D eigenvalue weighted by Crippen LogP contribution is -2.44. The number of amides is 2. The van der Waals surface area contributed by atoms with Crippen molar-refractivity contribution in [1.82, 2.24) is 10.2 Å². The van der Waals surface area contributed by atoms with E-state index >= 15 is 0 Å². The van der Waals surface area contributed by atoms with Crippen molar-refractivity contribution < 1.29 is 14.7 Å². The molecule has 0 fully saturated rings. The molecule has 1 atom stereocenters. The van der Waals surface area contributed by atoms with E-state index in [9.17, 15) is 9.59 Å². The molecule has 6 heteroatoms. The molecule has 0 saturated heterocycles. The molecule has 0 heterocycles. The summed E-state index contributed by atoms with van der Waals surface area (Å²) in [4.78, 5) is 24.0. The van der Waals surface area contributed by atoms with Crippen LogP contribution in [0.1, 0.15) is 27.2 Å². The van der Waals surface area contributed by atoms with Gasteiger partial charge < -0.3 is 15.3 Å². The van der Waals surface area contributed by atoms with Crippen molar-refractivity contribution in [3.05, 3.63) is 0 Å². The van der Waals surface area contributed by atoms with Gasteiger partial charge in [-0.2, -0.15) is 5.26 Å². The minimum atomic E-state index is -0.942. The number of nitriles is 1. The van der Waals surface area contributed by atoms with Gasteiger partial charge in [-0.05, 0) is 5.92 Å². The topological polar surface area (TPSA) is 93.4 Å². The first-order valence-electron chi connectivity index (χ1n) is 6.01. The molecule has 0 rings (SSSR count). The number of hydrogen-bond acceptors (Lipinski definition) is 3. The van der Waals surface area contributed by atoms with Gasteiger partial charge in [0.05, 0.1) is 18.4 Å². The van der Waals surface area contributed by atoms with Crippen LogP contribution in [0.3, 0.4) is 0 Å². The molecule has 0 aliphatic carbocycles. The van der Waals surface area contributed by atoms with Gasteiger partial charge in [-0.1, -0.05) is 20.8 Å². The highest BCUT2D eigenvalue weighted by Gasteiger charge is 2.17. The summed E-state index contributed by atoms with van der Waals surface area (Å²) in [5.74, 6) is -1.26. The van der Waals surface area contributed by atoms with Gasteiger partial charge in [0.2, 0.25) is 0 Å². The van der Waals surface area contributed by atoms with E-state index in [4.69, 9.17) is 10.4 Å². The maximum atomic E-state index is 11.8. The van der Waals surface area contributed by atoms with E-state index in [1.54, 1.807) is 4.90 Å². The Balaban J connectivity index is 4.28. The third-order valence-electron chi connectivity index (χ3n) is 2.35. The van der Waals surface area contributed by atoms with E-state index in [-0.39, 0.29) is 19.0 Å². The summed E-state index contributed by atoms with van der Waals surface area (Å²) in [6.07, 6.45) is 0.272. The zero-order valence-corrected chi connectivity index (χ0v) is 11.1. The van der Waals surface area contributed by atoms with Crippen molar-refractivity contribution in [2.75, 3.05) is 19.6 Å². The van der Waals surface area contributed by atoms with Gasteiger partial charge in [-0.25, -0.2) is 4.79 Å². The Labute approximate surface area is 108 Å². The Kier molecular flexibility index (Phi) is 7.52. The molecule has 0 aromatic rings. The maximum Gasteiger partial charge on any atom is 0.317 e. The summed E-state index contributed by atoms with van der Waals surface area (Å²) < 4.78 is 0. The van der Waals surface area contributed by atoms with Crippen LogP contribution in [0.15, 0.2) is 0 Å². The minimum absolute atomic E-state index is 0.0926. The number of urea groups is 1. The van der Waals surface area contributed by atoms with Crippen molar-refractivity contribution in [3.8, 4) is 6.07 Å². The highest BCUT2D eigenvalue weighted by atomic mass is 16.4. The van der Waals surface area contributed by atoms with Gasteiger partial charge >= 0.3 is 12.0 Å². The first-order chi connectivity index (χ1) is 8.38. The second-order valence-electron chi connectivity index (χ2n) is 4.67. The van der Waals surface area contributed by atoms with Crippen LogP contribution in [0.25, 0.3) is 0 Å². The molecule has 0 aliphatic rings. The lowest BCUT2D eigenvalue weighted by Gasteiger charge is -2.24. The summed E-state index contributed by atoms with van der Waals surface area (Å²) in [7, 11) is 0. The van der Waals surface area contributed by atoms with Gasteiger partial charge in [-0.15, -0.1) is 0 Å². The number of carboxylic acid groups (broad SMARTS) is 1. The van der Waals surface area contributed by atoms with Crippen molar-refractivity contribution in [2.45, 2.75) is 27.2 Å². The van der Waals surface area contributed by atoms with Gasteiger partial charge in [0.1, 0.15) is 0 Å². The fraction of sp³-hybridized carbons (Fsp3) is 0.750. The van der Waals surface area contributed by atoms with E-state index in [1.807, 2.05) is 19.9 Å². The summed E-state index contributed by atoms with van der Waals surface area (Å²) in [5.41, 5.74) is 0. The molecular formula is C12H21N3O3. The standard InChI is InChI=1S/C12H21N3O3/c1-9(2)8-15(6-4-5-13)12(18)14-7-10(3)11(16)17/h9-10H,4,6-8H2,1-3H3,(H,14,18)(H,16,17). The average molecular weight is 255 g/mol. The van der Waals surface area contributed by atoms with E-state index in [1.165, 1.54) is 6.92 Å². The van der Waals surface area contributed by atoms with Gasteiger partial charge in [0.25, 0.3) is 0 Å². The smallest absolute Gasteiger partial charge is 0.317 e. The lowest BCUT2D eigenvalue weighted by molar-refractivity contribution is -0.140. The number of nitrogens with zero attached hydrogens (tertiary/aromatic N) is 2. The number of aliphatic carboxylic acids is 1. The number of carbonyl (C=O) groups excluding carboxylic acids is 1. The number of nitrogens with one attached hydrogen (secondary N) is 1. The van der Waals surface area contributed by atoms with E-state index in [0.29, 0.717) is 19.0 Å². The first-order valence-corrected chi connectivity index (χ1v) is 6.01. The van der Waals surface area contributed by atoms with Crippen LogP contribution in [0.5, 0.6) is 0 Å². The Bertz CT molecular complexity index is 323. The lowest BCUT2D eigenvalue weighted by atomic mass is 10.2. The Hall–Kier alpha value is -1.77. The third-order valence-corrected chi connectivity index (χ3v) is 2.35. The molecule has 2 N–H and O–H groups in total. The summed E-state index contributed by atoms with van der Waals surface area (Å²) in [6.45, 7) is 6.50. The molecule has 0 aromatic carbocycles. The van der Waals surface area contributed by atoms with Crippen LogP contribution in [0, 0.1) is 23.2 Å². The van der Waals surface area contributed by atoms with Crippen molar-refractivity contribution in [3.63, 3.8) is 0 Å². The number of carboxylic acids is 1. The molecular weight excluding hydrogens is 234 g/mol. The Morgan fingerprint density at radius 3 is 2.44 bits per heavy atom. The molecule has 0 aromatic heterocycles. The minimum Gasteiger partial charge on any atom is -0.481 e. The molecule has 2 amide bonds. The maximum absolute atomic E-state index is 11.8. The SMILES string of the molecule is CC(C)CN(CCC#N)C(=O)NCC(C)C(=O)O. The van der Waals surface area contributed by atoms with Crippen molar-refractivity contribution in [2.24, 2.45) is 11.8 Å². The highest BCUT2D eigenvalue weighted by molar-refractivity contribution is 5.75. The number of hydrogen-bond donors (Lipinski definition) is 2. The molecule has 6 nitrogen and oxygen atoms in total. The zero-order chi connectivity index (χ0) is 14.1. The summed E-state index contributed by atoms with van der Waals surface area (Å²) >= 11 is 0. The van der Waals surface area contributed by atoms with Gasteiger partial charge in [-0.3, -0.25) is 4.79 Å². The molecule has 0 saturated carbocycles. The third kappa shape index (κ3) is 6.74. The van der Waals surface area contributed by atoms with Gasteiger partial charge in [0.15, 0.2) is 0 Å². The molecule has 0 spiro atoms. The molecule has 0 aliphatic heterocycles. The largest absolute Gasteiger partial charge is 0.481 e. The Morgan fingerprint density at radius 1 is 1.39 bits per heavy atom. The summed E-state index contributed by atoms with van der Waals surface area (Å²) in [6, 6.07) is 1.68. The second kappa shape index (κ2) is 8.34. The van der Waals surface area contributed by atoms with E-state index < -0.39 is 11.9 Å². The zero-order valence-electron chi connectivity index (χ0n) is 11.1. The van der Waals surface area contributed by atoms with Crippen LogP contribution >= 0.6 is 0 Å². The average Bonchev–Trinajstić information content (AvgIpc) is 2.30. The molecule has 102 valence electrons. The predicted molar refractivity (Wildman–Crippen MR) is 66.8 cm³/mol. The normalized spacial score (nSPS) is 11.7. The molecule has 0 bridgehead atoms. The highest BCUT2D eigenvalue weighted by Crippen LogP contribution is 2.01. The monoisotopic (exact) mass is 255 g/mol. The molecule has 0 radical (unpaired) electrons. The predicted octanol–water partition coefficient (Wildman–Crippen LogP) is 1.29. The van der Waals surface area contributed by atoms with Crippen LogP contribution in [-0.4, -0.2) is 41.6 Å². The number of rotatable bonds is 7. The van der Waals surface area contributed by atoms with Gasteiger partial charge in [0, 0.05) is 19.6 Å². The molecule has 1 unspecified atom stereocenters. The first kappa shape index (κ1) is 16.2. The fourth-order valence-electron chi connectivity index (χ4n) is 1.34. The van der Waals surface area contributed by atoms with E-state index in [0.717, 1.165) is 0 Å². The Morgan fingerprint density at radius 2 is 2.00 bits per heavy atom. The van der Waals surface area contributed by atoms with E-state index in [2.05, 4.69) is 5.32 Å². The van der Waals surface area contributed by atoms with Crippen molar-refractivity contribution >= 4 is 12.0 Å². The quantitative estimate of drug-likeness (QED) is 0.716.